The van der Waals surface area contributed by atoms with Crippen molar-refractivity contribution in [2.24, 2.45) is 5.92 Å². The van der Waals surface area contributed by atoms with Crippen molar-refractivity contribution in [1.29, 1.82) is 0 Å². The third-order valence-corrected chi connectivity index (χ3v) is 2.04. The number of ether oxygens (including phenoxy) is 1. The van der Waals surface area contributed by atoms with Crippen molar-refractivity contribution >= 4 is 5.97 Å². The quantitative estimate of drug-likeness (QED) is 0.635. The number of morpholine rings is 1. The molecule has 2 unspecified atom stereocenters. The molecule has 2 atom stereocenters. The molecular formula is C8H15NO3. The summed E-state index contributed by atoms with van der Waals surface area (Å²) in [5.41, 5.74) is 0. The average Bonchev–Trinajstić information content (AvgIpc) is 2.06. The molecule has 0 aromatic rings. The lowest BCUT2D eigenvalue weighted by atomic mass is 10.0. The van der Waals surface area contributed by atoms with Gasteiger partial charge in [-0.3, -0.25) is 4.79 Å². The summed E-state index contributed by atoms with van der Waals surface area (Å²) in [7, 11) is 0. The van der Waals surface area contributed by atoms with E-state index in [1.54, 1.807) is 6.92 Å². The summed E-state index contributed by atoms with van der Waals surface area (Å²) in [6.07, 6.45) is 0.673. The van der Waals surface area contributed by atoms with E-state index in [-0.39, 0.29) is 12.0 Å². The van der Waals surface area contributed by atoms with Crippen LogP contribution >= 0.6 is 0 Å². The van der Waals surface area contributed by atoms with Gasteiger partial charge in [-0.1, -0.05) is 6.92 Å². The predicted molar refractivity (Wildman–Crippen MR) is 44.0 cm³/mol. The van der Waals surface area contributed by atoms with Crippen LogP contribution in [-0.2, 0) is 9.53 Å². The van der Waals surface area contributed by atoms with Gasteiger partial charge in [0, 0.05) is 13.1 Å². The van der Waals surface area contributed by atoms with Gasteiger partial charge in [-0.05, 0) is 6.42 Å². The fraction of sp³-hybridized carbons (Fsp3) is 0.875. The second-order valence-corrected chi connectivity index (χ2v) is 3.17. The molecule has 70 valence electrons. The molecule has 2 N–H and O–H groups in total. The first-order chi connectivity index (χ1) is 5.70. The minimum absolute atomic E-state index is 0.0739. The normalized spacial score (nSPS) is 26.6. The SMILES string of the molecule is CC(CC1CNCCO1)C(=O)O. The topological polar surface area (TPSA) is 58.6 Å². The van der Waals surface area contributed by atoms with Gasteiger partial charge < -0.3 is 15.2 Å². The lowest BCUT2D eigenvalue weighted by Gasteiger charge is -2.24. The van der Waals surface area contributed by atoms with Crippen LogP contribution in [0.3, 0.4) is 0 Å². The Morgan fingerprint density at radius 2 is 2.58 bits per heavy atom. The first-order valence-corrected chi connectivity index (χ1v) is 4.25. The van der Waals surface area contributed by atoms with Crippen LogP contribution in [0.4, 0.5) is 0 Å². The first-order valence-electron chi connectivity index (χ1n) is 4.25. The van der Waals surface area contributed by atoms with Crippen LogP contribution in [0.1, 0.15) is 13.3 Å². The Hall–Kier alpha value is -0.610. The summed E-state index contributed by atoms with van der Waals surface area (Å²) < 4.78 is 5.37. The summed E-state index contributed by atoms with van der Waals surface area (Å²) in [4.78, 5) is 10.5. The van der Waals surface area contributed by atoms with Crippen molar-refractivity contribution in [2.45, 2.75) is 19.4 Å². The molecule has 0 bridgehead atoms. The second kappa shape index (κ2) is 4.42. The molecular weight excluding hydrogens is 158 g/mol. The monoisotopic (exact) mass is 173 g/mol. The van der Waals surface area contributed by atoms with Crippen molar-refractivity contribution in [3.8, 4) is 0 Å². The molecule has 0 aromatic heterocycles. The van der Waals surface area contributed by atoms with E-state index in [0.29, 0.717) is 13.0 Å². The zero-order chi connectivity index (χ0) is 8.97. The number of hydrogen-bond acceptors (Lipinski definition) is 3. The molecule has 0 aliphatic carbocycles. The Labute approximate surface area is 71.9 Å². The smallest absolute Gasteiger partial charge is 0.306 e. The number of carbonyl (C=O) groups is 1. The van der Waals surface area contributed by atoms with Gasteiger partial charge in [0.05, 0.1) is 18.6 Å². The van der Waals surface area contributed by atoms with E-state index in [1.807, 2.05) is 0 Å². The number of hydrogen-bond donors (Lipinski definition) is 2. The Morgan fingerprint density at radius 1 is 1.83 bits per heavy atom. The van der Waals surface area contributed by atoms with Crippen LogP contribution in [0.15, 0.2) is 0 Å². The van der Waals surface area contributed by atoms with Crippen molar-refractivity contribution in [3.05, 3.63) is 0 Å². The van der Waals surface area contributed by atoms with E-state index in [9.17, 15) is 4.79 Å². The Bertz CT molecular complexity index is 154. The van der Waals surface area contributed by atoms with Crippen LogP contribution in [0.2, 0.25) is 0 Å². The van der Waals surface area contributed by atoms with Crippen molar-refractivity contribution in [1.82, 2.24) is 5.32 Å². The van der Waals surface area contributed by atoms with Gasteiger partial charge in [-0.15, -0.1) is 0 Å². The average molecular weight is 173 g/mol. The van der Waals surface area contributed by atoms with Crippen LogP contribution < -0.4 is 5.32 Å². The molecule has 4 nitrogen and oxygen atoms in total. The maximum absolute atomic E-state index is 10.5. The molecule has 1 heterocycles. The lowest BCUT2D eigenvalue weighted by Crippen LogP contribution is -2.39. The fourth-order valence-corrected chi connectivity index (χ4v) is 1.27. The van der Waals surface area contributed by atoms with Crippen LogP contribution in [0.25, 0.3) is 0 Å². The van der Waals surface area contributed by atoms with E-state index in [2.05, 4.69) is 5.32 Å². The molecule has 0 saturated carbocycles. The highest BCUT2D eigenvalue weighted by atomic mass is 16.5. The first kappa shape index (κ1) is 9.48. The zero-order valence-electron chi connectivity index (χ0n) is 7.25. The minimum atomic E-state index is -0.746. The molecule has 4 heteroatoms. The van der Waals surface area contributed by atoms with Crippen molar-refractivity contribution in [3.63, 3.8) is 0 Å². The summed E-state index contributed by atoms with van der Waals surface area (Å²) >= 11 is 0. The predicted octanol–water partition coefficient (Wildman–Crippen LogP) is 0.0856. The molecule has 0 spiro atoms. The van der Waals surface area contributed by atoms with Crippen molar-refractivity contribution < 1.29 is 14.6 Å². The number of carboxylic acids is 1. The van der Waals surface area contributed by atoms with Crippen LogP contribution in [0, 0.1) is 5.92 Å². The van der Waals surface area contributed by atoms with Crippen LogP contribution in [-0.4, -0.2) is 36.9 Å². The van der Waals surface area contributed by atoms with Gasteiger partial charge in [0.25, 0.3) is 0 Å². The van der Waals surface area contributed by atoms with Gasteiger partial charge in [0.15, 0.2) is 0 Å². The second-order valence-electron chi connectivity index (χ2n) is 3.17. The molecule has 1 aliphatic rings. The Morgan fingerprint density at radius 3 is 3.08 bits per heavy atom. The highest BCUT2D eigenvalue weighted by Gasteiger charge is 2.20. The highest BCUT2D eigenvalue weighted by Crippen LogP contribution is 2.10. The standard InChI is InChI=1S/C8H15NO3/c1-6(8(10)11)4-7-5-9-2-3-12-7/h6-7,9H,2-5H2,1H3,(H,10,11). The largest absolute Gasteiger partial charge is 0.481 e. The van der Waals surface area contributed by atoms with E-state index >= 15 is 0 Å². The van der Waals surface area contributed by atoms with Gasteiger partial charge >= 0.3 is 5.97 Å². The highest BCUT2D eigenvalue weighted by molar-refractivity contribution is 5.69. The Balaban J connectivity index is 2.24. The zero-order valence-corrected chi connectivity index (χ0v) is 7.25. The number of nitrogens with one attached hydrogen (secondary N) is 1. The number of rotatable bonds is 3. The number of carboxylic acid groups (broad SMARTS) is 1. The Kier molecular flexibility index (Phi) is 3.49. The molecule has 0 radical (unpaired) electrons. The van der Waals surface area contributed by atoms with E-state index in [4.69, 9.17) is 9.84 Å². The molecule has 1 saturated heterocycles. The summed E-state index contributed by atoms with van der Waals surface area (Å²) in [5, 5.41) is 11.8. The van der Waals surface area contributed by atoms with Gasteiger partial charge in [-0.2, -0.15) is 0 Å². The van der Waals surface area contributed by atoms with E-state index in [1.165, 1.54) is 0 Å². The van der Waals surface area contributed by atoms with Gasteiger partial charge in [-0.25, -0.2) is 0 Å². The number of aliphatic carboxylic acids is 1. The molecule has 1 aliphatic heterocycles. The lowest BCUT2D eigenvalue weighted by molar-refractivity contribution is -0.142. The fourth-order valence-electron chi connectivity index (χ4n) is 1.27. The van der Waals surface area contributed by atoms with Gasteiger partial charge in [0.1, 0.15) is 0 Å². The summed E-state index contributed by atoms with van der Waals surface area (Å²) in [6, 6.07) is 0. The molecule has 1 rings (SSSR count). The van der Waals surface area contributed by atoms with Gasteiger partial charge in [0.2, 0.25) is 0 Å². The molecule has 12 heavy (non-hydrogen) atoms. The minimum Gasteiger partial charge on any atom is -0.481 e. The van der Waals surface area contributed by atoms with Crippen LogP contribution in [0.5, 0.6) is 0 Å². The third kappa shape index (κ3) is 2.79. The maximum atomic E-state index is 10.5. The van der Waals surface area contributed by atoms with E-state index < -0.39 is 5.97 Å². The third-order valence-electron chi connectivity index (χ3n) is 2.04. The summed E-state index contributed by atoms with van der Waals surface area (Å²) in [6.45, 7) is 4.05. The van der Waals surface area contributed by atoms with E-state index in [0.717, 1.165) is 13.1 Å². The molecule has 0 aromatic carbocycles. The van der Waals surface area contributed by atoms with Crippen molar-refractivity contribution in [2.75, 3.05) is 19.7 Å². The molecule has 0 amide bonds. The maximum Gasteiger partial charge on any atom is 0.306 e. The summed E-state index contributed by atoms with van der Waals surface area (Å²) in [5.74, 6) is -1.06. The molecule has 1 fully saturated rings.